The fourth-order valence-corrected chi connectivity index (χ4v) is 5.45. The van der Waals surface area contributed by atoms with Crippen LogP contribution in [0.2, 0.25) is 10.0 Å². The zero-order valence-electron chi connectivity index (χ0n) is 18.8. The standard InChI is InChI=1S/C25H32Cl2N4O/c1-2-3-4-18-5-7-19(8-6-18)25(32)31-15-13-30(14-16-31)24-12-11-23(28-29-24)21-10-9-20(26)17-22(21)27/h9-12,17-19H,2-8,13-16H2,1H3. The SMILES string of the molecule is CCCCC1CCC(C(=O)N2CCN(c3ccc(-c4ccc(Cl)cc4Cl)nn3)CC2)CC1. The van der Waals surface area contributed by atoms with Crippen molar-refractivity contribution in [2.45, 2.75) is 51.9 Å². The van der Waals surface area contributed by atoms with Gasteiger partial charge in [0.25, 0.3) is 0 Å². The van der Waals surface area contributed by atoms with Crippen molar-refractivity contribution in [2.75, 3.05) is 31.1 Å². The van der Waals surface area contributed by atoms with E-state index in [-0.39, 0.29) is 5.92 Å². The molecule has 0 bridgehead atoms. The average Bonchev–Trinajstić information content (AvgIpc) is 2.83. The Bertz CT molecular complexity index is 905. The molecule has 1 aliphatic heterocycles. The zero-order valence-corrected chi connectivity index (χ0v) is 20.3. The Labute approximate surface area is 201 Å². The maximum absolute atomic E-state index is 13.0. The van der Waals surface area contributed by atoms with Crippen LogP contribution in [0.25, 0.3) is 11.3 Å². The summed E-state index contributed by atoms with van der Waals surface area (Å²) in [5.41, 5.74) is 1.54. The van der Waals surface area contributed by atoms with Crippen LogP contribution in [-0.4, -0.2) is 47.2 Å². The summed E-state index contributed by atoms with van der Waals surface area (Å²) in [7, 11) is 0. The molecule has 2 fully saturated rings. The summed E-state index contributed by atoms with van der Waals surface area (Å²) < 4.78 is 0. The van der Waals surface area contributed by atoms with Gasteiger partial charge in [0.1, 0.15) is 0 Å². The molecule has 2 heterocycles. The van der Waals surface area contributed by atoms with Gasteiger partial charge in [-0.05, 0) is 61.9 Å². The van der Waals surface area contributed by atoms with Gasteiger partial charge in [-0.1, -0.05) is 49.4 Å². The molecule has 0 radical (unpaired) electrons. The van der Waals surface area contributed by atoms with Crippen molar-refractivity contribution in [3.8, 4) is 11.3 Å². The second-order valence-electron chi connectivity index (χ2n) is 9.07. The minimum absolute atomic E-state index is 0.225. The second-order valence-corrected chi connectivity index (χ2v) is 9.92. The summed E-state index contributed by atoms with van der Waals surface area (Å²) in [6.45, 7) is 5.33. The molecular weight excluding hydrogens is 443 g/mol. The quantitative estimate of drug-likeness (QED) is 0.507. The van der Waals surface area contributed by atoms with Crippen LogP contribution < -0.4 is 4.90 Å². The molecule has 1 aliphatic carbocycles. The number of hydrogen-bond donors (Lipinski definition) is 0. The molecule has 0 atom stereocenters. The first-order valence-corrected chi connectivity index (χ1v) is 12.6. The molecule has 172 valence electrons. The van der Waals surface area contributed by atoms with Crippen molar-refractivity contribution < 1.29 is 4.79 Å². The van der Waals surface area contributed by atoms with Crippen LogP contribution in [0.4, 0.5) is 5.82 Å². The first-order valence-electron chi connectivity index (χ1n) is 11.9. The average molecular weight is 475 g/mol. The van der Waals surface area contributed by atoms with Crippen LogP contribution >= 0.6 is 23.2 Å². The van der Waals surface area contributed by atoms with E-state index in [0.29, 0.717) is 16.0 Å². The number of halogens is 2. The first kappa shape index (κ1) is 23.3. The second kappa shape index (κ2) is 10.8. The molecule has 32 heavy (non-hydrogen) atoms. The summed E-state index contributed by atoms with van der Waals surface area (Å²) in [5, 5.41) is 9.95. The molecule has 1 saturated carbocycles. The molecule has 2 aliphatic rings. The number of piperazine rings is 1. The lowest BCUT2D eigenvalue weighted by Crippen LogP contribution is -2.51. The van der Waals surface area contributed by atoms with E-state index < -0.39 is 0 Å². The third-order valence-electron chi connectivity index (χ3n) is 6.93. The summed E-state index contributed by atoms with van der Waals surface area (Å²) in [6.07, 6.45) is 8.49. The highest BCUT2D eigenvalue weighted by molar-refractivity contribution is 6.36. The lowest BCUT2D eigenvalue weighted by Gasteiger charge is -2.38. The number of nitrogens with zero attached hydrogens (tertiary/aromatic N) is 4. The Balaban J connectivity index is 1.29. The number of carbonyl (C=O) groups is 1. The van der Waals surface area contributed by atoms with E-state index >= 15 is 0 Å². The topological polar surface area (TPSA) is 49.3 Å². The predicted octanol–water partition coefficient (Wildman–Crippen LogP) is 6.10. The number of aromatic nitrogens is 2. The smallest absolute Gasteiger partial charge is 0.225 e. The normalized spacial score (nSPS) is 21.6. The minimum atomic E-state index is 0.225. The Kier molecular flexibility index (Phi) is 7.90. The van der Waals surface area contributed by atoms with E-state index in [1.165, 1.54) is 32.1 Å². The van der Waals surface area contributed by atoms with Crippen LogP contribution in [0.1, 0.15) is 51.9 Å². The van der Waals surface area contributed by atoms with Crippen LogP contribution in [0, 0.1) is 11.8 Å². The Morgan fingerprint density at radius 2 is 1.75 bits per heavy atom. The van der Waals surface area contributed by atoms with Crippen molar-refractivity contribution in [3.05, 3.63) is 40.4 Å². The van der Waals surface area contributed by atoms with Gasteiger partial charge in [-0.2, -0.15) is 0 Å². The Morgan fingerprint density at radius 3 is 2.38 bits per heavy atom. The highest BCUT2D eigenvalue weighted by Crippen LogP contribution is 2.33. The van der Waals surface area contributed by atoms with Crippen LogP contribution in [0.15, 0.2) is 30.3 Å². The highest BCUT2D eigenvalue weighted by atomic mass is 35.5. The van der Waals surface area contributed by atoms with E-state index in [2.05, 4.69) is 26.9 Å². The number of benzene rings is 1. The zero-order chi connectivity index (χ0) is 22.5. The summed E-state index contributed by atoms with van der Waals surface area (Å²) >= 11 is 12.3. The number of amides is 1. The summed E-state index contributed by atoms with van der Waals surface area (Å²) in [6, 6.07) is 9.28. The highest BCUT2D eigenvalue weighted by Gasteiger charge is 2.31. The van der Waals surface area contributed by atoms with Crippen LogP contribution in [0.5, 0.6) is 0 Å². The monoisotopic (exact) mass is 474 g/mol. The fraction of sp³-hybridized carbons (Fsp3) is 0.560. The molecule has 7 heteroatoms. The first-order chi connectivity index (χ1) is 15.5. The number of hydrogen-bond acceptors (Lipinski definition) is 4. The molecule has 1 aromatic heterocycles. The molecular formula is C25H32Cl2N4O. The van der Waals surface area contributed by atoms with Crippen LogP contribution in [-0.2, 0) is 4.79 Å². The molecule has 0 N–H and O–H groups in total. The van der Waals surface area contributed by atoms with Crippen molar-refractivity contribution in [1.29, 1.82) is 0 Å². The molecule has 5 nitrogen and oxygen atoms in total. The van der Waals surface area contributed by atoms with E-state index in [1.807, 2.05) is 18.2 Å². The Morgan fingerprint density at radius 1 is 1.00 bits per heavy atom. The Hall–Kier alpha value is -1.85. The molecule has 1 amide bonds. The number of anilines is 1. The summed E-state index contributed by atoms with van der Waals surface area (Å²) in [5.74, 6) is 2.25. The predicted molar refractivity (Wildman–Crippen MR) is 131 cm³/mol. The van der Waals surface area contributed by atoms with Gasteiger partial charge in [-0.3, -0.25) is 4.79 Å². The van der Waals surface area contributed by atoms with Gasteiger partial charge in [-0.15, -0.1) is 10.2 Å². The molecule has 1 aromatic carbocycles. The van der Waals surface area contributed by atoms with Gasteiger partial charge >= 0.3 is 0 Å². The number of carbonyl (C=O) groups excluding carboxylic acids is 1. The van der Waals surface area contributed by atoms with Gasteiger partial charge in [0.05, 0.1) is 10.7 Å². The third-order valence-corrected chi connectivity index (χ3v) is 7.48. The molecule has 1 saturated heterocycles. The van der Waals surface area contributed by atoms with E-state index in [9.17, 15) is 4.79 Å². The lowest BCUT2D eigenvalue weighted by molar-refractivity contribution is -0.137. The van der Waals surface area contributed by atoms with Gasteiger partial charge in [0.2, 0.25) is 5.91 Å². The lowest BCUT2D eigenvalue weighted by atomic mass is 9.79. The van der Waals surface area contributed by atoms with Gasteiger partial charge < -0.3 is 9.80 Å². The van der Waals surface area contributed by atoms with Crippen LogP contribution in [0.3, 0.4) is 0 Å². The third kappa shape index (κ3) is 5.55. The number of unbranched alkanes of at least 4 members (excludes halogenated alkanes) is 1. The van der Waals surface area contributed by atoms with Crippen molar-refractivity contribution in [2.24, 2.45) is 11.8 Å². The maximum Gasteiger partial charge on any atom is 0.225 e. The number of rotatable bonds is 6. The largest absolute Gasteiger partial charge is 0.352 e. The van der Waals surface area contributed by atoms with Crippen molar-refractivity contribution in [1.82, 2.24) is 15.1 Å². The molecule has 2 aromatic rings. The van der Waals surface area contributed by atoms with E-state index in [0.717, 1.165) is 62.0 Å². The molecule has 0 unspecified atom stereocenters. The van der Waals surface area contributed by atoms with Crippen molar-refractivity contribution >= 4 is 34.9 Å². The van der Waals surface area contributed by atoms with Gasteiger partial charge in [0.15, 0.2) is 5.82 Å². The van der Waals surface area contributed by atoms with E-state index in [4.69, 9.17) is 23.2 Å². The molecule has 4 rings (SSSR count). The van der Waals surface area contributed by atoms with Gasteiger partial charge in [-0.25, -0.2) is 0 Å². The fourth-order valence-electron chi connectivity index (χ4n) is 4.94. The molecule has 0 spiro atoms. The summed E-state index contributed by atoms with van der Waals surface area (Å²) in [4.78, 5) is 17.3. The maximum atomic E-state index is 13.0. The van der Waals surface area contributed by atoms with Gasteiger partial charge in [0, 0.05) is 42.7 Å². The minimum Gasteiger partial charge on any atom is -0.352 e. The van der Waals surface area contributed by atoms with Crippen molar-refractivity contribution in [3.63, 3.8) is 0 Å². The van der Waals surface area contributed by atoms with E-state index in [1.54, 1.807) is 12.1 Å².